The van der Waals surface area contributed by atoms with Crippen LogP contribution in [0.4, 0.5) is 5.82 Å². The first-order valence-corrected chi connectivity index (χ1v) is 7.55. The Morgan fingerprint density at radius 3 is 2.65 bits per heavy atom. The van der Waals surface area contributed by atoms with Crippen molar-refractivity contribution in [2.24, 2.45) is 11.7 Å². The van der Waals surface area contributed by atoms with E-state index >= 15 is 0 Å². The molecule has 0 atom stereocenters. The number of hydrogen-bond acceptors (Lipinski definition) is 4. The number of nitrogens with zero attached hydrogens (tertiary/aromatic N) is 3. The van der Waals surface area contributed by atoms with E-state index in [2.05, 4.69) is 28.9 Å². The van der Waals surface area contributed by atoms with Gasteiger partial charge < -0.3 is 15.5 Å². The van der Waals surface area contributed by atoms with Gasteiger partial charge in [-0.05, 0) is 51.4 Å². The molecule has 1 aromatic rings. The minimum Gasteiger partial charge on any atom is -0.389 e. The van der Waals surface area contributed by atoms with Crippen molar-refractivity contribution in [2.45, 2.75) is 19.8 Å². The van der Waals surface area contributed by atoms with E-state index in [0.29, 0.717) is 4.99 Å². The van der Waals surface area contributed by atoms with Crippen LogP contribution in [0.3, 0.4) is 0 Å². The third-order valence-electron chi connectivity index (χ3n) is 3.92. The second kappa shape index (κ2) is 6.50. The number of hydrogen-bond donors (Lipinski definition) is 1. The molecule has 0 unspecified atom stereocenters. The molecule has 1 saturated heterocycles. The largest absolute Gasteiger partial charge is 0.389 e. The number of anilines is 1. The van der Waals surface area contributed by atoms with Crippen LogP contribution in [0, 0.1) is 12.8 Å². The lowest BCUT2D eigenvalue weighted by Crippen LogP contribution is -2.38. The smallest absolute Gasteiger partial charge is 0.139 e. The highest BCUT2D eigenvalue weighted by molar-refractivity contribution is 7.80. The summed E-state index contributed by atoms with van der Waals surface area (Å²) in [5.41, 5.74) is 7.92. The molecule has 0 saturated carbocycles. The number of rotatable bonds is 4. The summed E-state index contributed by atoms with van der Waals surface area (Å²) in [5.74, 6) is 1.74. The van der Waals surface area contributed by atoms with Gasteiger partial charge in [0.2, 0.25) is 0 Å². The zero-order chi connectivity index (χ0) is 14.7. The Kier molecular flexibility index (Phi) is 4.94. The third-order valence-corrected chi connectivity index (χ3v) is 4.13. The maximum absolute atomic E-state index is 5.87. The number of thiocarbonyl (C=S) groups is 1. The van der Waals surface area contributed by atoms with E-state index in [4.69, 9.17) is 18.0 Å². The van der Waals surface area contributed by atoms with Crippen molar-refractivity contribution < 1.29 is 0 Å². The molecule has 0 spiro atoms. The fourth-order valence-electron chi connectivity index (χ4n) is 2.93. The number of pyridine rings is 1. The van der Waals surface area contributed by atoms with Gasteiger partial charge in [-0.1, -0.05) is 12.2 Å². The fourth-order valence-corrected chi connectivity index (χ4v) is 3.18. The topological polar surface area (TPSA) is 45.4 Å². The summed E-state index contributed by atoms with van der Waals surface area (Å²) in [4.78, 5) is 9.56. The molecule has 0 radical (unpaired) electrons. The van der Waals surface area contributed by atoms with Crippen molar-refractivity contribution in [1.29, 1.82) is 0 Å². The average Bonchev–Trinajstić information content (AvgIpc) is 2.38. The molecule has 1 aromatic heterocycles. The van der Waals surface area contributed by atoms with E-state index < -0.39 is 0 Å². The molecule has 1 fully saturated rings. The minimum atomic E-state index is 0.445. The molecule has 1 aliphatic heterocycles. The van der Waals surface area contributed by atoms with Crippen molar-refractivity contribution in [2.75, 3.05) is 38.6 Å². The number of aryl methyl sites for hydroxylation is 1. The molecular weight excluding hydrogens is 268 g/mol. The molecule has 20 heavy (non-hydrogen) atoms. The number of piperidine rings is 1. The molecule has 110 valence electrons. The summed E-state index contributed by atoms with van der Waals surface area (Å²) in [7, 11) is 4.28. The highest BCUT2D eigenvalue weighted by Gasteiger charge is 2.23. The first-order chi connectivity index (χ1) is 9.49. The maximum Gasteiger partial charge on any atom is 0.139 e. The number of aromatic nitrogens is 1. The summed E-state index contributed by atoms with van der Waals surface area (Å²) in [6.07, 6.45) is 4.24. The van der Waals surface area contributed by atoms with Crippen LogP contribution >= 0.6 is 12.2 Å². The van der Waals surface area contributed by atoms with Gasteiger partial charge in [0.25, 0.3) is 0 Å². The van der Waals surface area contributed by atoms with E-state index in [1.807, 2.05) is 19.2 Å². The van der Waals surface area contributed by atoms with Gasteiger partial charge in [0.05, 0.1) is 5.56 Å². The molecule has 0 aromatic carbocycles. The van der Waals surface area contributed by atoms with Crippen LogP contribution in [0.15, 0.2) is 12.3 Å². The van der Waals surface area contributed by atoms with Crippen LogP contribution in [-0.4, -0.2) is 48.6 Å². The van der Waals surface area contributed by atoms with Crippen molar-refractivity contribution in [1.82, 2.24) is 9.88 Å². The minimum absolute atomic E-state index is 0.445. The predicted molar refractivity (Wildman–Crippen MR) is 88.4 cm³/mol. The van der Waals surface area contributed by atoms with E-state index in [-0.39, 0.29) is 0 Å². The molecule has 5 heteroatoms. The maximum atomic E-state index is 5.87. The lowest BCUT2D eigenvalue weighted by Gasteiger charge is -2.35. The number of nitrogens with two attached hydrogens (primary N) is 1. The highest BCUT2D eigenvalue weighted by atomic mass is 32.1. The molecule has 2 rings (SSSR count). The van der Waals surface area contributed by atoms with Crippen LogP contribution in [0.1, 0.15) is 24.0 Å². The normalized spacial score (nSPS) is 16.7. The Balaban J connectivity index is 2.11. The lowest BCUT2D eigenvalue weighted by molar-refractivity contribution is 0.284. The van der Waals surface area contributed by atoms with Crippen molar-refractivity contribution in [3.8, 4) is 0 Å². The van der Waals surface area contributed by atoms with Gasteiger partial charge in [-0.3, -0.25) is 0 Å². The van der Waals surface area contributed by atoms with Crippen molar-refractivity contribution in [3.63, 3.8) is 0 Å². The van der Waals surface area contributed by atoms with Gasteiger partial charge in [-0.2, -0.15) is 0 Å². The van der Waals surface area contributed by atoms with Crippen LogP contribution in [-0.2, 0) is 0 Å². The zero-order valence-corrected chi connectivity index (χ0v) is 13.4. The Morgan fingerprint density at radius 2 is 2.10 bits per heavy atom. The summed E-state index contributed by atoms with van der Waals surface area (Å²) < 4.78 is 0. The van der Waals surface area contributed by atoms with E-state index in [1.165, 1.54) is 12.8 Å². The first kappa shape index (κ1) is 15.2. The van der Waals surface area contributed by atoms with Crippen LogP contribution in [0.5, 0.6) is 0 Å². The lowest BCUT2D eigenvalue weighted by atomic mass is 9.96. The zero-order valence-electron chi connectivity index (χ0n) is 12.6. The Bertz CT molecular complexity index is 479. The Hall–Kier alpha value is -1.20. The SMILES string of the molecule is Cc1ccnc(N2CCC(CN(C)C)CC2)c1C(N)=S. The van der Waals surface area contributed by atoms with E-state index in [0.717, 1.165) is 42.5 Å². The molecule has 0 aliphatic carbocycles. The highest BCUT2D eigenvalue weighted by Crippen LogP contribution is 2.26. The standard InChI is InChI=1S/C15H24N4S/c1-11-4-7-17-15(13(11)14(16)20)19-8-5-12(6-9-19)10-18(2)3/h4,7,12H,5-6,8-10H2,1-3H3,(H2,16,20). The third kappa shape index (κ3) is 3.46. The summed E-state index contributed by atoms with van der Waals surface area (Å²) in [6, 6.07) is 1.97. The van der Waals surface area contributed by atoms with Gasteiger partial charge >= 0.3 is 0 Å². The van der Waals surface area contributed by atoms with Crippen LogP contribution < -0.4 is 10.6 Å². The molecule has 2 heterocycles. The molecule has 4 nitrogen and oxygen atoms in total. The average molecular weight is 292 g/mol. The Morgan fingerprint density at radius 1 is 1.45 bits per heavy atom. The van der Waals surface area contributed by atoms with E-state index in [1.54, 1.807) is 0 Å². The second-order valence-corrected chi connectivity index (χ2v) is 6.32. The molecule has 0 amide bonds. The second-order valence-electron chi connectivity index (χ2n) is 5.88. The van der Waals surface area contributed by atoms with Crippen molar-refractivity contribution in [3.05, 3.63) is 23.4 Å². The molecule has 1 aliphatic rings. The monoisotopic (exact) mass is 292 g/mol. The predicted octanol–water partition coefficient (Wildman–Crippen LogP) is 1.80. The van der Waals surface area contributed by atoms with Crippen molar-refractivity contribution >= 4 is 23.0 Å². The summed E-state index contributed by atoms with van der Waals surface area (Å²) in [5, 5.41) is 0. The van der Waals surface area contributed by atoms with Crippen LogP contribution in [0.25, 0.3) is 0 Å². The van der Waals surface area contributed by atoms with Crippen LogP contribution in [0.2, 0.25) is 0 Å². The van der Waals surface area contributed by atoms with Gasteiger partial charge in [-0.25, -0.2) is 4.98 Å². The van der Waals surface area contributed by atoms with E-state index in [9.17, 15) is 0 Å². The van der Waals surface area contributed by atoms with Gasteiger partial charge in [0.15, 0.2) is 0 Å². The van der Waals surface area contributed by atoms with Gasteiger partial charge in [0, 0.05) is 25.8 Å². The Labute approximate surface area is 127 Å². The summed E-state index contributed by atoms with van der Waals surface area (Å²) >= 11 is 5.19. The molecule has 0 bridgehead atoms. The quantitative estimate of drug-likeness (QED) is 0.858. The molecular formula is C15H24N4S. The first-order valence-electron chi connectivity index (χ1n) is 7.14. The van der Waals surface area contributed by atoms with Gasteiger partial charge in [0.1, 0.15) is 10.8 Å². The summed E-state index contributed by atoms with van der Waals surface area (Å²) in [6.45, 7) is 5.27. The molecule has 2 N–H and O–H groups in total. The fraction of sp³-hybridized carbons (Fsp3) is 0.600. The van der Waals surface area contributed by atoms with Gasteiger partial charge in [-0.15, -0.1) is 0 Å².